The number of aromatic nitrogens is 2. The van der Waals surface area contributed by atoms with Crippen LogP contribution in [0.2, 0.25) is 0 Å². The Morgan fingerprint density at radius 2 is 1.24 bits per heavy atom. The quantitative estimate of drug-likeness (QED) is 0.443. The highest BCUT2D eigenvalue weighted by atomic mass is 16.5. The zero-order valence-corrected chi connectivity index (χ0v) is 15.2. The summed E-state index contributed by atoms with van der Waals surface area (Å²) in [5.41, 5.74) is 1.47. The zero-order valence-electron chi connectivity index (χ0n) is 15.2. The number of nitrogens with zero attached hydrogens (tertiary/aromatic N) is 2. The van der Waals surface area contributed by atoms with Crippen molar-refractivity contribution in [1.29, 1.82) is 0 Å². The van der Waals surface area contributed by atoms with Crippen LogP contribution in [-0.2, 0) is 4.74 Å². The first-order valence-corrected chi connectivity index (χ1v) is 8.38. The highest BCUT2D eigenvalue weighted by Gasteiger charge is 2.07. The van der Waals surface area contributed by atoms with Gasteiger partial charge in [-0.2, -0.15) is 0 Å². The number of rotatable bonds is 2. The molecule has 0 aliphatic rings. The summed E-state index contributed by atoms with van der Waals surface area (Å²) in [5, 5.41) is 28.6. The first-order valence-electron chi connectivity index (χ1n) is 8.38. The second-order valence-corrected chi connectivity index (χ2v) is 5.94. The van der Waals surface area contributed by atoms with Crippen LogP contribution in [0.5, 0.6) is 11.5 Å². The van der Waals surface area contributed by atoms with Gasteiger partial charge in [0.1, 0.15) is 22.9 Å². The monoisotopic (exact) mass is 392 g/mol. The van der Waals surface area contributed by atoms with E-state index in [2.05, 4.69) is 14.7 Å². The molecular weight excluding hydrogens is 376 g/mol. The maximum atomic E-state index is 11.2. The minimum Gasteiger partial charge on any atom is -0.508 e. The van der Waals surface area contributed by atoms with Crippen LogP contribution in [0.15, 0.2) is 60.7 Å². The Bertz CT molecular complexity index is 1220. The molecule has 0 saturated carbocycles. The maximum absolute atomic E-state index is 11.2. The molecule has 3 N–H and O–H groups in total. The lowest BCUT2D eigenvalue weighted by Crippen LogP contribution is -2.03. The largest absolute Gasteiger partial charge is 0.508 e. The zero-order chi connectivity index (χ0) is 21.0. The average Bonchev–Trinajstić information content (AvgIpc) is 2.72. The van der Waals surface area contributed by atoms with E-state index in [0.29, 0.717) is 11.0 Å². The average molecular weight is 392 g/mol. The van der Waals surface area contributed by atoms with Gasteiger partial charge < -0.3 is 20.1 Å². The van der Waals surface area contributed by atoms with Crippen LogP contribution in [0.3, 0.4) is 0 Å². The number of pyridine rings is 2. The minimum atomic E-state index is -1.06. The molecule has 0 aliphatic carbocycles. The molecule has 2 aromatic heterocycles. The number of ether oxygens (including phenoxy) is 1. The lowest BCUT2D eigenvalue weighted by molar-refractivity contribution is 0.0593. The van der Waals surface area contributed by atoms with E-state index in [1.54, 1.807) is 36.4 Å². The summed E-state index contributed by atoms with van der Waals surface area (Å²) in [4.78, 5) is 29.8. The predicted molar refractivity (Wildman–Crippen MR) is 105 cm³/mol. The number of benzene rings is 2. The summed E-state index contributed by atoms with van der Waals surface area (Å²) in [6.07, 6.45) is 0. The van der Waals surface area contributed by atoms with Crippen molar-refractivity contribution >= 4 is 33.7 Å². The van der Waals surface area contributed by atoms with Crippen molar-refractivity contribution in [1.82, 2.24) is 9.97 Å². The number of fused-ring (bicyclic) bond motifs is 2. The van der Waals surface area contributed by atoms with Crippen LogP contribution in [0, 0.1) is 0 Å². The molecule has 4 aromatic rings. The standard InChI is InChI=1S/C11H9NO3.C10H7NO3/c1-15-11(14)10-4-2-7-6-8(13)3-5-9(7)12-10;12-7-2-4-8-6(5-7)1-3-9(11-8)10(13)14/h2-6,13H,1H3;1-5,12H,(H,13,14). The number of carboxylic acid groups (broad SMARTS) is 1. The van der Waals surface area contributed by atoms with Crippen LogP contribution in [0.4, 0.5) is 0 Å². The van der Waals surface area contributed by atoms with Gasteiger partial charge in [-0.3, -0.25) is 0 Å². The lowest BCUT2D eigenvalue weighted by atomic mass is 10.2. The number of carboxylic acids is 1. The number of hydrogen-bond acceptors (Lipinski definition) is 7. The topological polar surface area (TPSA) is 130 Å². The van der Waals surface area contributed by atoms with Crippen LogP contribution in [0.1, 0.15) is 21.0 Å². The number of aromatic hydroxyl groups is 2. The SMILES string of the molecule is COC(=O)c1ccc2cc(O)ccc2n1.O=C(O)c1ccc2cc(O)ccc2n1. The molecule has 0 aliphatic heterocycles. The summed E-state index contributed by atoms with van der Waals surface area (Å²) < 4.78 is 4.56. The smallest absolute Gasteiger partial charge is 0.356 e. The third-order valence-corrected chi connectivity index (χ3v) is 3.96. The van der Waals surface area contributed by atoms with E-state index in [0.717, 1.165) is 10.8 Å². The van der Waals surface area contributed by atoms with Crippen LogP contribution >= 0.6 is 0 Å². The van der Waals surface area contributed by atoms with Gasteiger partial charge in [0.25, 0.3) is 0 Å². The van der Waals surface area contributed by atoms with Gasteiger partial charge in [-0.15, -0.1) is 0 Å². The number of carbonyl (C=O) groups excluding carboxylic acids is 1. The van der Waals surface area contributed by atoms with Gasteiger partial charge in [-0.25, -0.2) is 19.6 Å². The number of phenols is 2. The van der Waals surface area contributed by atoms with Crippen LogP contribution in [-0.4, -0.2) is 44.3 Å². The fourth-order valence-corrected chi connectivity index (χ4v) is 2.56. The van der Waals surface area contributed by atoms with Crippen LogP contribution < -0.4 is 0 Å². The highest BCUT2D eigenvalue weighted by Crippen LogP contribution is 2.19. The van der Waals surface area contributed by atoms with E-state index in [9.17, 15) is 14.7 Å². The molecule has 0 amide bonds. The van der Waals surface area contributed by atoms with Crippen molar-refractivity contribution in [2.45, 2.75) is 0 Å². The van der Waals surface area contributed by atoms with E-state index in [-0.39, 0.29) is 22.9 Å². The third-order valence-electron chi connectivity index (χ3n) is 3.96. The molecule has 0 fully saturated rings. The van der Waals surface area contributed by atoms with Gasteiger partial charge >= 0.3 is 11.9 Å². The molecule has 29 heavy (non-hydrogen) atoms. The van der Waals surface area contributed by atoms with E-state index >= 15 is 0 Å². The molecule has 8 nitrogen and oxygen atoms in total. The minimum absolute atomic E-state index is 0.00295. The Kier molecular flexibility index (Phi) is 5.54. The number of methoxy groups -OCH3 is 1. The molecule has 0 saturated heterocycles. The van der Waals surface area contributed by atoms with Crippen molar-refractivity contribution in [3.8, 4) is 11.5 Å². The van der Waals surface area contributed by atoms with E-state index in [4.69, 9.17) is 10.2 Å². The van der Waals surface area contributed by atoms with Crippen molar-refractivity contribution in [2.24, 2.45) is 0 Å². The molecule has 0 spiro atoms. The third kappa shape index (κ3) is 4.56. The molecule has 8 heteroatoms. The molecule has 0 radical (unpaired) electrons. The maximum Gasteiger partial charge on any atom is 0.356 e. The predicted octanol–water partition coefficient (Wildman–Crippen LogP) is 3.37. The first-order chi connectivity index (χ1) is 13.9. The van der Waals surface area contributed by atoms with Gasteiger partial charge in [-0.05, 0) is 48.5 Å². The summed E-state index contributed by atoms with van der Waals surface area (Å²) in [5.74, 6) is -1.21. The normalized spacial score (nSPS) is 10.2. The van der Waals surface area contributed by atoms with Crippen molar-refractivity contribution < 1.29 is 29.6 Å². The molecule has 0 bridgehead atoms. The van der Waals surface area contributed by atoms with Crippen molar-refractivity contribution in [3.05, 3.63) is 72.1 Å². The molecule has 0 atom stereocenters. The second kappa shape index (κ2) is 8.22. The fraction of sp³-hybridized carbons (Fsp3) is 0.0476. The Morgan fingerprint density at radius 1 is 0.759 bits per heavy atom. The Hall–Kier alpha value is -4.20. The van der Waals surface area contributed by atoms with Crippen molar-refractivity contribution in [3.63, 3.8) is 0 Å². The second-order valence-electron chi connectivity index (χ2n) is 5.94. The van der Waals surface area contributed by atoms with Crippen LogP contribution in [0.25, 0.3) is 21.8 Å². The van der Waals surface area contributed by atoms with Crippen molar-refractivity contribution in [2.75, 3.05) is 7.11 Å². The number of esters is 1. The summed E-state index contributed by atoms with van der Waals surface area (Å²) in [7, 11) is 1.31. The summed E-state index contributed by atoms with van der Waals surface area (Å²) in [6, 6.07) is 15.7. The number of phenolic OH excluding ortho intramolecular Hbond substituents is 2. The number of hydrogen-bond donors (Lipinski definition) is 3. The van der Waals surface area contributed by atoms with E-state index in [1.165, 1.54) is 31.4 Å². The van der Waals surface area contributed by atoms with Gasteiger partial charge in [-0.1, -0.05) is 12.1 Å². The Morgan fingerprint density at radius 3 is 1.72 bits per heavy atom. The summed E-state index contributed by atoms with van der Waals surface area (Å²) >= 11 is 0. The fourth-order valence-electron chi connectivity index (χ4n) is 2.56. The Labute approximate surface area is 164 Å². The first kappa shape index (κ1) is 19.6. The summed E-state index contributed by atoms with van der Waals surface area (Å²) in [6.45, 7) is 0. The molecule has 0 unspecified atom stereocenters. The van der Waals surface area contributed by atoms with Gasteiger partial charge in [0.2, 0.25) is 0 Å². The van der Waals surface area contributed by atoms with Gasteiger partial charge in [0.05, 0.1) is 18.1 Å². The van der Waals surface area contributed by atoms with E-state index in [1.807, 2.05) is 0 Å². The molecule has 2 aromatic carbocycles. The highest BCUT2D eigenvalue weighted by molar-refractivity contribution is 5.91. The van der Waals surface area contributed by atoms with Gasteiger partial charge in [0.15, 0.2) is 0 Å². The molecular formula is C21H16N2O6. The molecule has 146 valence electrons. The van der Waals surface area contributed by atoms with Gasteiger partial charge in [0, 0.05) is 10.8 Å². The number of aromatic carboxylic acids is 1. The Balaban J connectivity index is 0.000000166. The number of carbonyl (C=O) groups is 2. The molecule has 2 heterocycles. The molecule has 4 rings (SSSR count). The lowest BCUT2D eigenvalue weighted by Gasteiger charge is -2.01. The van der Waals surface area contributed by atoms with E-state index < -0.39 is 11.9 Å².